The van der Waals surface area contributed by atoms with Crippen LogP contribution in [0.2, 0.25) is 0 Å². The Morgan fingerprint density at radius 3 is 2.17 bits per heavy atom. The van der Waals surface area contributed by atoms with Crippen LogP contribution < -0.4 is 0 Å². The summed E-state index contributed by atoms with van der Waals surface area (Å²) in [6, 6.07) is 9.78. The number of allylic oxidation sites excluding steroid dienone is 1. The maximum absolute atomic E-state index is 12.4. The van der Waals surface area contributed by atoms with Crippen molar-refractivity contribution >= 4 is 7.60 Å². The molecule has 0 spiro atoms. The molecule has 1 aromatic rings. The van der Waals surface area contributed by atoms with Gasteiger partial charge in [0.15, 0.2) is 0 Å². The summed E-state index contributed by atoms with van der Waals surface area (Å²) in [5, 5.41) is 0.554. The van der Waals surface area contributed by atoms with Crippen molar-refractivity contribution in [2.75, 3.05) is 14.2 Å². The van der Waals surface area contributed by atoms with Gasteiger partial charge in [-0.15, -0.1) is 5.73 Å². The van der Waals surface area contributed by atoms with Gasteiger partial charge in [-0.1, -0.05) is 30.3 Å². The first-order chi connectivity index (χ1) is 8.51. The van der Waals surface area contributed by atoms with Crippen LogP contribution in [-0.2, 0) is 20.0 Å². The van der Waals surface area contributed by atoms with Gasteiger partial charge < -0.3 is 9.05 Å². The van der Waals surface area contributed by atoms with Crippen LogP contribution in [0, 0.1) is 0 Å². The second-order valence-corrected chi connectivity index (χ2v) is 6.36. The summed E-state index contributed by atoms with van der Waals surface area (Å²) in [7, 11) is -0.444. The lowest BCUT2D eigenvalue weighted by Crippen LogP contribution is -1.96. The molecule has 4 heteroatoms. The summed E-state index contributed by atoms with van der Waals surface area (Å²) in [6.07, 6.45) is 0.505. The van der Waals surface area contributed by atoms with Crippen molar-refractivity contribution in [3.05, 3.63) is 52.5 Å². The zero-order valence-corrected chi connectivity index (χ0v) is 12.2. The van der Waals surface area contributed by atoms with E-state index in [2.05, 4.69) is 5.73 Å². The fourth-order valence-electron chi connectivity index (χ4n) is 1.58. The molecule has 0 amide bonds. The molecule has 0 bridgehead atoms. The SMILES string of the molecule is COP(=O)(OC)C(=C=C(C)C)Cc1ccccc1. The molecule has 0 aliphatic heterocycles. The Morgan fingerprint density at radius 1 is 1.17 bits per heavy atom. The number of hydrogen-bond donors (Lipinski definition) is 0. The number of benzene rings is 1. The van der Waals surface area contributed by atoms with Crippen molar-refractivity contribution in [3.63, 3.8) is 0 Å². The van der Waals surface area contributed by atoms with Gasteiger partial charge in [0.05, 0.1) is 5.31 Å². The van der Waals surface area contributed by atoms with Crippen molar-refractivity contribution < 1.29 is 13.6 Å². The van der Waals surface area contributed by atoms with Crippen molar-refractivity contribution in [3.8, 4) is 0 Å². The van der Waals surface area contributed by atoms with Gasteiger partial charge in [-0.05, 0) is 25.0 Å². The largest absolute Gasteiger partial charge is 0.364 e. The fourth-order valence-corrected chi connectivity index (χ4v) is 2.91. The number of hydrogen-bond acceptors (Lipinski definition) is 3. The molecule has 0 N–H and O–H groups in total. The lowest BCUT2D eigenvalue weighted by Gasteiger charge is -2.15. The molecule has 1 rings (SSSR count). The van der Waals surface area contributed by atoms with E-state index in [9.17, 15) is 4.57 Å². The average Bonchev–Trinajstić information content (AvgIpc) is 2.38. The Kier molecular flexibility index (Phi) is 5.58. The van der Waals surface area contributed by atoms with Crippen LogP contribution in [0.5, 0.6) is 0 Å². The van der Waals surface area contributed by atoms with E-state index in [4.69, 9.17) is 9.05 Å². The lowest BCUT2D eigenvalue weighted by molar-refractivity contribution is 0.282. The molecule has 0 heterocycles. The van der Waals surface area contributed by atoms with Crippen LogP contribution in [-0.4, -0.2) is 14.2 Å². The van der Waals surface area contributed by atoms with Gasteiger partial charge in [0.25, 0.3) is 0 Å². The van der Waals surface area contributed by atoms with Gasteiger partial charge in [-0.3, -0.25) is 4.57 Å². The van der Waals surface area contributed by atoms with E-state index in [0.717, 1.165) is 11.1 Å². The van der Waals surface area contributed by atoms with E-state index < -0.39 is 7.60 Å². The zero-order valence-electron chi connectivity index (χ0n) is 11.3. The van der Waals surface area contributed by atoms with Crippen LogP contribution >= 0.6 is 7.60 Å². The Hall–Kier alpha value is -1.11. The molecule has 0 aromatic heterocycles. The molecule has 0 fully saturated rings. The van der Waals surface area contributed by atoms with Gasteiger partial charge in [0.2, 0.25) is 0 Å². The van der Waals surface area contributed by atoms with E-state index >= 15 is 0 Å². The summed E-state index contributed by atoms with van der Waals surface area (Å²) in [5.41, 5.74) is 5.08. The molecule has 0 saturated carbocycles. The van der Waals surface area contributed by atoms with Gasteiger partial charge in [0.1, 0.15) is 0 Å². The smallest absolute Gasteiger partial charge is 0.308 e. The van der Waals surface area contributed by atoms with Crippen LogP contribution in [0.15, 0.2) is 47.0 Å². The highest BCUT2D eigenvalue weighted by molar-refractivity contribution is 7.58. The molecule has 0 atom stereocenters. The minimum Gasteiger partial charge on any atom is -0.308 e. The minimum atomic E-state index is -3.23. The molecule has 1 aromatic carbocycles. The van der Waals surface area contributed by atoms with E-state index in [-0.39, 0.29) is 0 Å². The molecule has 0 unspecified atom stereocenters. The molecule has 18 heavy (non-hydrogen) atoms. The molecule has 0 saturated heterocycles. The lowest BCUT2D eigenvalue weighted by atomic mass is 10.1. The Bertz CT molecular complexity index is 487. The summed E-state index contributed by atoms with van der Waals surface area (Å²) in [5.74, 6) is 0. The molecule has 0 aliphatic rings. The van der Waals surface area contributed by atoms with E-state index in [0.29, 0.717) is 11.7 Å². The van der Waals surface area contributed by atoms with Gasteiger partial charge in [-0.25, -0.2) is 0 Å². The summed E-state index contributed by atoms with van der Waals surface area (Å²) in [4.78, 5) is 0. The maximum Gasteiger partial charge on any atom is 0.364 e. The highest BCUT2D eigenvalue weighted by atomic mass is 31.2. The van der Waals surface area contributed by atoms with E-state index in [1.54, 1.807) is 0 Å². The van der Waals surface area contributed by atoms with Gasteiger partial charge >= 0.3 is 7.60 Å². The molecule has 98 valence electrons. The Balaban J connectivity index is 3.18. The third-order valence-corrected chi connectivity index (χ3v) is 4.31. The first-order valence-electron chi connectivity index (χ1n) is 5.71. The van der Waals surface area contributed by atoms with Gasteiger partial charge in [0, 0.05) is 20.6 Å². The Labute approximate surface area is 109 Å². The van der Waals surface area contributed by atoms with Crippen molar-refractivity contribution in [1.82, 2.24) is 0 Å². The molecular weight excluding hydrogens is 247 g/mol. The normalized spacial score (nSPS) is 10.9. The molecule has 0 radical (unpaired) electrons. The average molecular weight is 266 g/mol. The first-order valence-corrected chi connectivity index (χ1v) is 7.25. The van der Waals surface area contributed by atoms with Crippen LogP contribution in [0.4, 0.5) is 0 Å². The van der Waals surface area contributed by atoms with Crippen LogP contribution in [0.3, 0.4) is 0 Å². The summed E-state index contributed by atoms with van der Waals surface area (Å²) in [6.45, 7) is 3.81. The third kappa shape index (κ3) is 3.97. The number of rotatable bonds is 5. The zero-order chi connectivity index (χ0) is 13.6. The van der Waals surface area contributed by atoms with Gasteiger partial charge in [-0.2, -0.15) is 0 Å². The highest BCUT2D eigenvalue weighted by Crippen LogP contribution is 2.55. The quantitative estimate of drug-likeness (QED) is 0.593. The summed E-state index contributed by atoms with van der Waals surface area (Å²) >= 11 is 0. The maximum atomic E-state index is 12.4. The molecular formula is C14H19O3P. The third-order valence-electron chi connectivity index (χ3n) is 2.42. The van der Waals surface area contributed by atoms with Crippen molar-refractivity contribution in [2.24, 2.45) is 0 Å². The van der Waals surface area contributed by atoms with Crippen LogP contribution in [0.1, 0.15) is 19.4 Å². The summed E-state index contributed by atoms with van der Waals surface area (Å²) < 4.78 is 22.5. The van der Waals surface area contributed by atoms with Crippen LogP contribution in [0.25, 0.3) is 0 Å². The fraction of sp³-hybridized carbons (Fsp3) is 0.357. The highest BCUT2D eigenvalue weighted by Gasteiger charge is 2.27. The van der Waals surface area contributed by atoms with E-state index in [1.165, 1.54) is 14.2 Å². The predicted molar refractivity (Wildman–Crippen MR) is 73.7 cm³/mol. The second kappa shape index (κ2) is 6.72. The monoisotopic (exact) mass is 266 g/mol. The molecule has 3 nitrogen and oxygen atoms in total. The second-order valence-electron chi connectivity index (χ2n) is 4.10. The molecule has 0 aliphatic carbocycles. The van der Waals surface area contributed by atoms with Crippen molar-refractivity contribution in [1.29, 1.82) is 0 Å². The first kappa shape index (κ1) is 14.9. The van der Waals surface area contributed by atoms with Crippen molar-refractivity contribution in [2.45, 2.75) is 20.3 Å². The standard InChI is InChI=1S/C14H19O3P/c1-12(2)10-14(18(15,16-3)17-4)11-13-8-6-5-7-9-13/h5-9H,11H2,1-4H3. The topological polar surface area (TPSA) is 35.5 Å². The predicted octanol–water partition coefficient (Wildman–Crippen LogP) is 4.16. The Morgan fingerprint density at radius 2 is 1.72 bits per heavy atom. The minimum absolute atomic E-state index is 0.505. The van der Waals surface area contributed by atoms with E-state index in [1.807, 2.05) is 44.2 Å².